The van der Waals surface area contributed by atoms with E-state index in [2.05, 4.69) is 15.9 Å². The summed E-state index contributed by atoms with van der Waals surface area (Å²) < 4.78 is 23.1. The fourth-order valence-corrected chi connectivity index (χ4v) is 3.63. The Kier molecular flexibility index (Phi) is 6.29. The highest BCUT2D eigenvalue weighted by Gasteiger charge is 2.34. The fraction of sp³-hybridized carbons (Fsp3) is 0.455. The van der Waals surface area contributed by atoms with Gasteiger partial charge in [0.1, 0.15) is 5.78 Å². The Morgan fingerprint density at radius 2 is 1.95 bits per heavy atom. The van der Waals surface area contributed by atoms with Gasteiger partial charge in [-0.15, -0.1) is 0 Å². The van der Waals surface area contributed by atoms with Crippen molar-refractivity contribution >= 4 is 29.2 Å². The molecule has 0 saturated heterocycles. The first-order valence-corrected chi connectivity index (χ1v) is 8.34. The summed E-state index contributed by atoms with van der Waals surface area (Å²) in [5.41, 5.74) is 6.08. The lowest BCUT2D eigenvalue weighted by Crippen LogP contribution is -2.15. The monoisotopic (exact) mass is 366 g/mol. The third kappa shape index (κ3) is 3.86. The maximum atomic E-state index is 12.5. The second-order valence-electron chi connectivity index (χ2n) is 3.79. The summed E-state index contributed by atoms with van der Waals surface area (Å²) in [4.78, 5) is 10.4. The zero-order valence-electron chi connectivity index (χ0n) is 11.1. The van der Waals surface area contributed by atoms with Crippen LogP contribution in [0, 0.1) is 10.1 Å². The van der Waals surface area contributed by atoms with E-state index >= 15 is 0 Å². The van der Waals surface area contributed by atoms with Crippen LogP contribution >= 0.6 is 23.5 Å². The summed E-state index contributed by atoms with van der Waals surface area (Å²) in [5, 5.41) is 10.9. The minimum atomic E-state index is -3.56. The summed E-state index contributed by atoms with van der Waals surface area (Å²) in [7, 11) is -3.56. The summed E-state index contributed by atoms with van der Waals surface area (Å²) in [5.74, 6) is -1.07. The van der Waals surface area contributed by atoms with Gasteiger partial charge in [-0.05, 0) is 41.4 Å². The van der Waals surface area contributed by atoms with Crippen molar-refractivity contribution in [3.05, 3.63) is 38.3 Å². The number of hydrogen-bond acceptors (Lipinski definition) is 6. The van der Waals surface area contributed by atoms with Gasteiger partial charge in [-0.1, -0.05) is 6.07 Å². The lowest BCUT2D eigenvalue weighted by Gasteiger charge is -2.23. The second-order valence-corrected chi connectivity index (χ2v) is 6.79. The molecule has 1 aromatic carbocycles. The van der Waals surface area contributed by atoms with E-state index in [-0.39, 0.29) is 18.9 Å². The van der Waals surface area contributed by atoms with Crippen LogP contribution in [0.4, 0.5) is 5.69 Å². The molecule has 0 aromatic heterocycles. The fourth-order valence-electron chi connectivity index (χ4n) is 1.59. The van der Waals surface area contributed by atoms with E-state index in [9.17, 15) is 14.7 Å². The van der Waals surface area contributed by atoms with Gasteiger partial charge in [-0.3, -0.25) is 14.7 Å². The highest BCUT2D eigenvalue weighted by Crippen LogP contribution is 2.58. The lowest BCUT2D eigenvalue weighted by molar-refractivity contribution is -0.385. The number of halogens is 1. The molecule has 20 heavy (non-hydrogen) atoms. The summed E-state index contributed by atoms with van der Waals surface area (Å²) >= 11 is 3.08. The molecule has 0 spiro atoms. The second kappa shape index (κ2) is 7.28. The maximum absolute atomic E-state index is 12.5. The molecular weight excluding hydrogens is 351 g/mol. The van der Waals surface area contributed by atoms with Gasteiger partial charge in [0, 0.05) is 6.07 Å². The molecule has 0 aliphatic heterocycles. The van der Waals surface area contributed by atoms with Gasteiger partial charge in [0.25, 0.3) is 5.69 Å². The van der Waals surface area contributed by atoms with Gasteiger partial charge in [-0.25, -0.2) is 0 Å². The highest BCUT2D eigenvalue weighted by atomic mass is 79.9. The van der Waals surface area contributed by atoms with Crippen LogP contribution in [-0.4, -0.2) is 18.1 Å². The Bertz CT molecular complexity index is 530. The Hall–Kier alpha value is -0.790. The summed E-state index contributed by atoms with van der Waals surface area (Å²) in [6.07, 6.45) is 0. The van der Waals surface area contributed by atoms with Gasteiger partial charge in [0.2, 0.25) is 0 Å². The first kappa shape index (κ1) is 17.3. The van der Waals surface area contributed by atoms with Crippen molar-refractivity contribution in [1.29, 1.82) is 0 Å². The molecule has 0 bridgehead atoms. The van der Waals surface area contributed by atoms with Crippen LogP contribution in [0.15, 0.2) is 22.7 Å². The molecule has 1 rings (SSSR count). The maximum Gasteiger partial charge on any atom is 0.351 e. The Balaban J connectivity index is 3.18. The van der Waals surface area contributed by atoms with E-state index in [0.29, 0.717) is 10.0 Å². The molecule has 0 aliphatic carbocycles. The van der Waals surface area contributed by atoms with Crippen LogP contribution in [0.25, 0.3) is 0 Å². The van der Waals surface area contributed by atoms with Crippen molar-refractivity contribution in [2.45, 2.75) is 19.6 Å². The Labute approximate surface area is 125 Å². The summed E-state index contributed by atoms with van der Waals surface area (Å²) in [6.45, 7) is 3.68. The topological polar surface area (TPSA) is 105 Å². The molecule has 0 saturated carbocycles. The van der Waals surface area contributed by atoms with Crippen LogP contribution in [0.3, 0.4) is 0 Å². The predicted octanol–water partition coefficient (Wildman–Crippen LogP) is 3.58. The average Bonchev–Trinajstić information content (AvgIpc) is 2.38. The first-order chi connectivity index (χ1) is 9.35. The molecule has 0 fully saturated rings. The van der Waals surface area contributed by atoms with Gasteiger partial charge in [-0.2, -0.15) is 0 Å². The molecule has 0 aliphatic rings. The van der Waals surface area contributed by atoms with E-state index in [1.807, 2.05) is 0 Å². The number of benzene rings is 1. The minimum Gasteiger partial charge on any atom is -0.314 e. The highest BCUT2D eigenvalue weighted by molar-refractivity contribution is 9.10. The molecule has 0 amide bonds. The third-order valence-electron chi connectivity index (χ3n) is 2.47. The van der Waals surface area contributed by atoms with Crippen LogP contribution in [0.5, 0.6) is 0 Å². The van der Waals surface area contributed by atoms with Crippen LogP contribution in [-0.2, 0) is 13.6 Å². The number of nitrogens with zero attached hydrogens (tertiary/aromatic N) is 1. The van der Waals surface area contributed by atoms with Crippen molar-refractivity contribution in [2.75, 3.05) is 13.2 Å². The number of nitro groups is 1. The van der Waals surface area contributed by atoms with Gasteiger partial charge in [0.05, 0.1) is 22.6 Å². The Morgan fingerprint density at radius 3 is 2.40 bits per heavy atom. The molecule has 9 heteroatoms. The third-order valence-corrected chi connectivity index (χ3v) is 5.35. The van der Waals surface area contributed by atoms with E-state index in [0.717, 1.165) is 0 Å². The smallest absolute Gasteiger partial charge is 0.314 e. The zero-order chi connectivity index (χ0) is 15.3. The Morgan fingerprint density at radius 1 is 1.40 bits per heavy atom. The number of nitro benzene ring substituents is 1. The van der Waals surface area contributed by atoms with Gasteiger partial charge in [0.15, 0.2) is 0 Å². The van der Waals surface area contributed by atoms with E-state index in [1.165, 1.54) is 12.1 Å². The van der Waals surface area contributed by atoms with Gasteiger partial charge < -0.3 is 14.8 Å². The minimum absolute atomic E-state index is 0.155. The molecular formula is C11H16BrN2O5P. The van der Waals surface area contributed by atoms with Crippen LogP contribution in [0.2, 0.25) is 0 Å². The number of rotatable bonds is 7. The first-order valence-electron chi connectivity index (χ1n) is 5.94. The largest absolute Gasteiger partial charge is 0.351 e. The molecule has 0 unspecified atom stereocenters. The van der Waals surface area contributed by atoms with Gasteiger partial charge >= 0.3 is 7.60 Å². The number of nitrogens with two attached hydrogens (primary N) is 1. The molecule has 0 heterocycles. The molecule has 0 radical (unpaired) electrons. The SMILES string of the molecule is CCOP(=O)(OCC)[C@@H](N)c1ccc(Br)c([N+](=O)[O-])c1. The van der Waals surface area contributed by atoms with Crippen molar-refractivity contribution in [3.63, 3.8) is 0 Å². The van der Waals surface area contributed by atoms with Crippen LogP contribution in [0.1, 0.15) is 25.2 Å². The standard InChI is InChI=1S/C11H16BrN2O5P/c1-3-18-20(17,19-4-2)11(13)8-5-6-9(12)10(7-8)14(15)16/h5-7,11H,3-4,13H2,1-2H3/t11-/m1/s1. The van der Waals surface area contributed by atoms with Crippen molar-refractivity contribution in [2.24, 2.45) is 5.73 Å². The van der Waals surface area contributed by atoms with Crippen LogP contribution < -0.4 is 5.73 Å². The molecule has 2 N–H and O–H groups in total. The summed E-state index contributed by atoms with van der Waals surface area (Å²) in [6, 6.07) is 4.29. The lowest BCUT2D eigenvalue weighted by atomic mass is 10.2. The van der Waals surface area contributed by atoms with E-state index in [4.69, 9.17) is 14.8 Å². The average molecular weight is 367 g/mol. The van der Waals surface area contributed by atoms with Crippen molar-refractivity contribution < 1.29 is 18.5 Å². The molecule has 1 aromatic rings. The number of hydrogen-bond donors (Lipinski definition) is 1. The predicted molar refractivity (Wildman–Crippen MR) is 78.6 cm³/mol. The molecule has 7 nitrogen and oxygen atoms in total. The van der Waals surface area contributed by atoms with E-state index in [1.54, 1.807) is 19.9 Å². The molecule has 112 valence electrons. The van der Waals surface area contributed by atoms with E-state index < -0.39 is 18.3 Å². The zero-order valence-corrected chi connectivity index (χ0v) is 13.6. The van der Waals surface area contributed by atoms with Crippen molar-refractivity contribution in [1.82, 2.24) is 0 Å². The normalized spacial score (nSPS) is 13.2. The van der Waals surface area contributed by atoms with Crippen molar-refractivity contribution in [3.8, 4) is 0 Å². The quantitative estimate of drug-likeness (QED) is 0.449. The molecule has 1 atom stereocenters.